The van der Waals surface area contributed by atoms with Crippen molar-refractivity contribution >= 4 is 46.6 Å². The first-order valence-corrected chi connectivity index (χ1v) is 9.43. The second kappa shape index (κ2) is 11.4. The molecule has 2 aromatic rings. The highest BCUT2D eigenvalue weighted by Gasteiger charge is 2.05. The monoisotopic (exact) mass is 424 g/mol. The molecule has 0 radical (unpaired) electrons. The number of rotatable bonds is 3. The fraction of sp³-hybridized carbons (Fsp3) is 0.300. The molecule has 0 atom stereocenters. The van der Waals surface area contributed by atoms with Gasteiger partial charge in [-0.05, 0) is 42.3 Å². The number of nitrogens with zero attached hydrogens (tertiary/aromatic N) is 2. The van der Waals surface area contributed by atoms with Crippen LogP contribution in [0.1, 0.15) is 11.1 Å². The average Bonchev–Trinajstić information content (AvgIpc) is 2.65. The first kappa shape index (κ1) is 23.6. The second-order valence-corrected chi connectivity index (χ2v) is 7.12. The molecule has 2 rings (SSSR count). The first-order valence-electron chi connectivity index (χ1n) is 8.51. The first-order chi connectivity index (χ1) is 13.1. The minimum atomic E-state index is -0.162. The minimum Gasteiger partial charge on any atom is -0.331 e. The Bertz CT molecular complexity index is 811. The van der Waals surface area contributed by atoms with Crippen molar-refractivity contribution in [2.75, 3.05) is 38.8 Å². The summed E-state index contributed by atoms with van der Waals surface area (Å²) in [5, 5.41) is 6.11. The molecule has 0 aliphatic rings. The van der Waals surface area contributed by atoms with Crippen LogP contribution in [-0.4, -0.2) is 50.1 Å². The van der Waals surface area contributed by atoms with Crippen LogP contribution in [-0.2, 0) is 5.88 Å². The molecule has 0 unspecified atom stereocenters. The summed E-state index contributed by atoms with van der Waals surface area (Å²) in [6.45, 7) is 1.92. The molecule has 6 nitrogen and oxygen atoms in total. The van der Waals surface area contributed by atoms with Gasteiger partial charge >= 0.3 is 12.1 Å². The van der Waals surface area contributed by atoms with Crippen LogP contribution < -0.4 is 10.6 Å². The van der Waals surface area contributed by atoms with Gasteiger partial charge in [-0.1, -0.05) is 29.8 Å². The zero-order valence-electron chi connectivity index (χ0n) is 16.7. The summed E-state index contributed by atoms with van der Waals surface area (Å²) < 4.78 is 0. The number of carbonyl (C=O) groups excluding carboxylic acids is 2. The van der Waals surface area contributed by atoms with Crippen LogP contribution in [0.2, 0.25) is 5.02 Å². The molecule has 8 heteroatoms. The average molecular weight is 425 g/mol. The Labute approximate surface area is 176 Å². The maximum atomic E-state index is 11.3. The van der Waals surface area contributed by atoms with E-state index in [1.54, 1.807) is 34.3 Å². The van der Waals surface area contributed by atoms with E-state index >= 15 is 0 Å². The number of amides is 4. The lowest BCUT2D eigenvalue weighted by molar-refractivity contribution is 0.230. The van der Waals surface area contributed by atoms with Gasteiger partial charge in [0.1, 0.15) is 0 Å². The van der Waals surface area contributed by atoms with Crippen molar-refractivity contribution in [1.82, 2.24) is 9.80 Å². The highest BCUT2D eigenvalue weighted by Crippen LogP contribution is 2.20. The molecule has 152 valence electrons. The Hall–Kier alpha value is -2.44. The molecule has 0 heterocycles. The molecule has 2 N–H and O–H groups in total. The van der Waals surface area contributed by atoms with E-state index < -0.39 is 0 Å². The number of aryl methyl sites for hydroxylation is 1. The van der Waals surface area contributed by atoms with E-state index in [2.05, 4.69) is 10.6 Å². The van der Waals surface area contributed by atoms with Gasteiger partial charge < -0.3 is 20.4 Å². The van der Waals surface area contributed by atoms with Gasteiger partial charge in [0.05, 0.1) is 0 Å². The van der Waals surface area contributed by atoms with E-state index in [1.807, 2.05) is 43.3 Å². The number of nitrogens with one attached hydrogen (secondary N) is 2. The Morgan fingerprint density at radius 2 is 1.43 bits per heavy atom. The van der Waals surface area contributed by atoms with Gasteiger partial charge in [0.25, 0.3) is 0 Å². The smallest absolute Gasteiger partial charge is 0.321 e. The molecule has 2 aromatic carbocycles. The molecule has 0 fully saturated rings. The summed E-state index contributed by atoms with van der Waals surface area (Å²) in [6.07, 6.45) is 0. The van der Waals surface area contributed by atoms with Crippen molar-refractivity contribution in [3.05, 3.63) is 58.6 Å². The molecule has 0 aliphatic carbocycles. The molecule has 0 aromatic heterocycles. The molecule has 4 amide bonds. The van der Waals surface area contributed by atoms with Crippen molar-refractivity contribution in [2.45, 2.75) is 12.8 Å². The van der Waals surface area contributed by atoms with E-state index in [9.17, 15) is 9.59 Å². The van der Waals surface area contributed by atoms with Crippen molar-refractivity contribution in [3.63, 3.8) is 0 Å². The Morgan fingerprint density at radius 3 is 1.89 bits per heavy atom. The van der Waals surface area contributed by atoms with Crippen LogP contribution in [0.5, 0.6) is 0 Å². The third-order valence-corrected chi connectivity index (χ3v) is 4.28. The van der Waals surface area contributed by atoms with Crippen LogP contribution >= 0.6 is 23.2 Å². The standard InChI is InChI=1S/2C10H13ClN2O/c1-7-4-5-8(6-9(7)11)12-10(14)13(2)3;1-13(2)10(14)12-9-5-3-4-8(6-9)7-11/h4-6H,1-3H3,(H,12,14);3-6H,7H2,1-2H3,(H,12,14). The molecule has 0 saturated heterocycles. The van der Waals surface area contributed by atoms with E-state index in [1.165, 1.54) is 9.80 Å². The van der Waals surface area contributed by atoms with Gasteiger partial charge in [0, 0.05) is 50.5 Å². The third-order valence-electron chi connectivity index (χ3n) is 3.57. The fourth-order valence-electron chi connectivity index (χ4n) is 1.87. The lowest BCUT2D eigenvalue weighted by Crippen LogP contribution is -2.27. The molecule has 0 saturated carbocycles. The zero-order valence-corrected chi connectivity index (χ0v) is 18.2. The minimum absolute atomic E-state index is 0.142. The van der Waals surface area contributed by atoms with Gasteiger partial charge in [-0.2, -0.15) is 0 Å². The van der Waals surface area contributed by atoms with Crippen molar-refractivity contribution in [3.8, 4) is 0 Å². The van der Waals surface area contributed by atoms with Gasteiger partial charge in [0.15, 0.2) is 0 Å². The lowest BCUT2D eigenvalue weighted by atomic mass is 10.2. The van der Waals surface area contributed by atoms with Crippen LogP contribution in [0.3, 0.4) is 0 Å². The topological polar surface area (TPSA) is 64.7 Å². The summed E-state index contributed by atoms with van der Waals surface area (Å²) in [6, 6.07) is 12.6. The van der Waals surface area contributed by atoms with Crippen LogP contribution in [0.15, 0.2) is 42.5 Å². The highest BCUT2D eigenvalue weighted by molar-refractivity contribution is 6.31. The number of alkyl halides is 1. The van der Waals surface area contributed by atoms with E-state index in [0.717, 1.165) is 16.8 Å². The molecular weight excluding hydrogens is 399 g/mol. The lowest BCUT2D eigenvalue weighted by Gasteiger charge is -2.12. The van der Waals surface area contributed by atoms with E-state index in [-0.39, 0.29) is 12.1 Å². The van der Waals surface area contributed by atoms with Crippen molar-refractivity contribution in [1.29, 1.82) is 0 Å². The SMILES string of the molecule is CN(C)C(=O)Nc1cccc(CCl)c1.Cc1ccc(NC(=O)N(C)C)cc1Cl. The van der Waals surface area contributed by atoms with Gasteiger partial charge in [-0.25, -0.2) is 9.59 Å². The normalized spacial score (nSPS) is 9.68. The summed E-state index contributed by atoms with van der Waals surface area (Å²) in [7, 11) is 6.76. The quantitative estimate of drug-likeness (QED) is 0.659. The van der Waals surface area contributed by atoms with Gasteiger partial charge in [0.2, 0.25) is 0 Å². The molecule has 0 bridgehead atoms. The predicted octanol–water partition coefficient (Wildman–Crippen LogP) is 5.26. The van der Waals surface area contributed by atoms with Crippen molar-refractivity contribution in [2.24, 2.45) is 0 Å². The van der Waals surface area contributed by atoms with Crippen LogP contribution in [0.4, 0.5) is 21.0 Å². The maximum Gasteiger partial charge on any atom is 0.321 e. The molecular formula is C20H26Cl2N4O2. The third kappa shape index (κ3) is 8.06. The van der Waals surface area contributed by atoms with Crippen molar-refractivity contribution < 1.29 is 9.59 Å². The number of benzene rings is 2. The predicted molar refractivity (Wildman–Crippen MR) is 118 cm³/mol. The summed E-state index contributed by atoms with van der Waals surface area (Å²) in [5.41, 5.74) is 3.46. The number of halogens is 2. The summed E-state index contributed by atoms with van der Waals surface area (Å²) in [5.74, 6) is 0.450. The zero-order chi connectivity index (χ0) is 21.3. The number of hydrogen-bond donors (Lipinski definition) is 2. The van der Waals surface area contributed by atoms with Gasteiger partial charge in [-0.3, -0.25) is 0 Å². The summed E-state index contributed by atoms with van der Waals surface area (Å²) >= 11 is 11.6. The number of anilines is 2. The fourth-order valence-corrected chi connectivity index (χ4v) is 2.22. The van der Waals surface area contributed by atoms with E-state index in [0.29, 0.717) is 16.6 Å². The van der Waals surface area contributed by atoms with Gasteiger partial charge in [-0.15, -0.1) is 11.6 Å². The summed E-state index contributed by atoms with van der Waals surface area (Å²) in [4.78, 5) is 25.5. The Morgan fingerprint density at radius 1 is 0.893 bits per heavy atom. The number of urea groups is 2. The number of carbonyl (C=O) groups is 2. The maximum absolute atomic E-state index is 11.3. The Balaban J connectivity index is 0.000000280. The molecule has 0 spiro atoms. The largest absolute Gasteiger partial charge is 0.331 e. The van der Waals surface area contributed by atoms with Crippen LogP contribution in [0, 0.1) is 6.92 Å². The van der Waals surface area contributed by atoms with E-state index in [4.69, 9.17) is 23.2 Å². The molecule has 28 heavy (non-hydrogen) atoms. The number of hydrogen-bond acceptors (Lipinski definition) is 2. The molecule has 0 aliphatic heterocycles. The highest BCUT2D eigenvalue weighted by atomic mass is 35.5. The second-order valence-electron chi connectivity index (χ2n) is 6.45. The Kier molecular flexibility index (Phi) is 9.62. The van der Waals surface area contributed by atoms with Crippen LogP contribution in [0.25, 0.3) is 0 Å².